The molecule has 0 radical (unpaired) electrons. The zero-order valence-corrected chi connectivity index (χ0v) is 10.3. The van der Waals surface area contributed by atoms with Gasteiger partial charge in [-0.05, 0) is 43.6 Å². The van der Waals surface area contributed by atoms with Gasteiger partial charge in [0.05, 0.1) is 5.52 Å². The second-order valence-corrected chi connectivity index (χ2v) is 4.98. The van der Waals surface area contributed by atoms with Crippen molar-refractivity contribution < 1.29 is 0 Å². The molecule has 2 atom stereocenters. The van der Waals surface area contributed by atoms with Crippen molar-refractivity contribution in [1.82, 2.24) is 14.5 Å². The van der Waals surface area contributed by atoms with Crippen molar-refractivity contribution >= 4 is 23.4 Å². The predicted octanol–water partition coefficient (Wildman–Crippen LogP) is 3.37. The van der Waals surface area contributed by atoms with Gasteiger partial charge in [-0.1, -0.05) is 13.3 Å². The highest BCUT2D eigenvalue weighted by Crippen LogP contribution is 2.46. The van der Waals surface area contributed by atoms with Gasteiger partial charge in [-0.2, -0.15) is 0 Å². The third-order valence-corrected chi connectivity index (χ3v) is 3.74. The predicted molar refractivity (Wildman–Crippen MR) is 67.1 cm³/mol. The fourth-order valence-electron chi connectivity index (χ4n) is 2.39. The Bertz CT molecular complexity index is 596. The molecular formula is C12H15N3S. The summed E-state index contributed by atoms with van der Waals surface area (Å²) < 4.78 is 3.01. The van der Waals surface area contributed by atoms with E-state index >= 15 is 0 Å². The number of imidazole rings is 1. The molecule has 2 heterocycles. The van der Waals surface area contributed by atoms with Crippen LogP contribution in [0.5, 0.6) is 0 Å². The Balaban J connectivity index is 2.19. The maximum Gasteiger partial charge on any atom is 0.179 e. The van der Waals surface area contributed by atoms with Gasteiger partial charge in [0.2, 0.25) is 0 Å². The first-order valence-corrected chi connectivity index (χ1v) is 6.19. The second kappa shape index (κ2) is 3.42. The Morgan fingerprint density at radius 1 is 1.56 bits per heavy atom. The minimum absolute atomic E-state index is 0.570. The third-order valence-electron chi connectivity index (χ3n) is 3.44. The van der Waals surface area contributed by atoms with Crippen LogP contribution in [0, 0.1) is 17.6 Å². The first kappa shape index (κ1) is 10.0. The molecule has 84 valence electrons. The van der Waals surface area contributed by atoms with Crippen molar-refractivity contribution in [3.8, 4) is 0 Å². The summed E-state index contributed by atoms with van der Waals surface area (Å²) >= 11 is 5.38. The average molecular weight is 233 g/mol. The molecule has 0 amide bonds. The Labute approximate surface area is 99.5 Å². The topological polar surface area (TPSA) is 33.6 Å². The molecule has 16 heavy (non-hydrogen) atoms. The second-order valence-electron chi connectivity index (χ2n) is 4.60. The number of nitrogens with one attached hydrogen (secondary N) is 1. The van der Waals surface area contributed by atoms with Crippen molar-refractivity contribution in [2.45, 2.75) is 32.7 Å². The van der Waals surface area contributed by atoms with E-state index in [1.54, 1.807) is 0 Å². The minimum atomic E-state index is 0.570. The maximum atomic E-state index is 5.38. The standard InChI is InChI=1S/C12H15N3S/c1-3-8-6-10(8)15-11-9(14-12(15)16)5-4-7(2)13-11/h4-5,8,10H,3,6H2,1-2H3,(H,14,16). The minimum Gasteiger partial charge on any atom is -0.329 e. The van der Waals surface area contributed by atoms with E-state index in [4.69, 9.17) is 12.2 Å². The number of rotatable bonds is 2. The summed E-state index contributed by atoms with van der Waals surface area (Å²) in [6.45, 7) is 4.26. The Morgan fingerprint density at radius 3 is 3.06 bits per heavy atom. The quantitative estimate of drug-likeness (QED) is 0.807. The number of aromatic amines is 1. The molecule has 0 aliphatic heterocycles. The van der Waals surface area contributed by atoms with E-state index in [1.807, 2.05) is 13.0 Å². The molecule has 1 aliphatic rings. The normalized spacial score (nSPS) is 23.9. The van der Waals surface area contributed by atoms with E-state index in [1.165, 1.54) is 12.8 Å². The van der Waals surface area contributed by atoms with E-state index in [9.17, 15) is 0 Å². The van der Waals surface area contributed by atoms with Crippen LogP contribution in [-0.2, 0) is 0 Å². The lowest BCUT2D eigenvalue weighted by Gasteiger charge is -2.02. The van der Waals surface area contributed by atoms with Crippen LogP contribution in [-0.4, -0.2) is 14.5 Å². The van der Waals surface area contributed by atoms with Gasteiger partial charge in [0.15, 0.2) is 10.4 Å². The molecule has 1 N–H and O–H groups in total. The molecular weight excluding hydrogens is 218 g/mol. The SMILES string of the molecule is CCC1CC1n1c(=S)[nH]c2ccc(C)nc21. The third kappa shape index (κ3) is 1.40. The number of H-pyrrole nitrogens is 1. The van der Waals surface area contributed by atoms with Crippen molar-refractivity contribution in [3.63, 3.8) is 0 Å². The van der Waals surface area contributed by atoms with Gasteiger partial charge >= 0.3 is 0 Å². The van der Waals surface area contributed by atoms with Gasteiger partial charge in [-0.3, -0.25) is 4.57 Å². The van der Waals surface area contributed by atoms with E-state index in [0.717, 1.165) is 27.5 Å². The summed E-state index contributed by atoms with van der Waals surface area (Å²) in [7, 11) is 0. The van der Waals surface area contributed by atoms with Gasteiger partial charge < -0.3 is 4.98 Å². The van der Waals surface area contributed by atoms with Gasteiger partial charge in [-0.25, -0.2) is 4.98 Å². The number of hydrogen-bond donors (Lipinski definition) is 1. The smallest absolute Gasteiger partial charge is 0.179 e. The van der Waals surface area contributed by atoms with Crippen LogP contribution in [0.25, 0.3) is 11.2 Å². The van der Waals surface area contributed by atoms with Crippen LogP contribution in [0.2, 0.25) is 0 Å². The van der Waals surface area contributed by atoms with Crippen LogP contribution < -0.4 is 0 Å². The van der Waals surface area contributed by atoms with Crippen molar-refractivity contribution in [2.75, 3.05) is 0 Å². The van der Waals surface area contributed by atoms with Crippen LogP contribution in [0.4, 0.5) is 0 Å². The zero-order chi connectivity index (χ0) is 11.3. The first-order valence-electron chi connectivity index (χ1n) is 5.78. The Morgan fingerprint density at radius 2 is 2.38 bits per heavy atom. The summed E-state index contributed by atoms with van der Waals surface area (Å²) in [5, 5.41) is 0. The molecule has 2 unspecified atom stereocenters. The van der Waals surface area contributed by atoms with Crippen molar-refractivity contribution in [3.05, 3.63) is 22.6 Å². The molecule has 0 spiro atoms. The van der Waals surface area contributed by atoms with Crippen LogP contribution in [0.15, 0.2) is 12.1 Å². The number of pyridine rings is 1. The summed E-state index contributed by atoms with van der Waals surface area (Å²) in [6, 6.07) is 4.65. The van der Waals surface area contributed by atoms with Crippen LogP contribution >= 0.6 is 12.2 Å². The molecule has 0 saturated heterocycles. The Kier molecular flexibility index (Phi) is 2.14. The number of hydrogen-bond acceptors (Lipinski definition) is 2. The van der Waals surface area contributed by atoms with Crippen molar-refractivity contribution in [2.24, 2.45) is 5.92 Å². The molecule has 3 nitrogen and oxygen atoms in total. The van der Waals surface area contributed by atoms with Gasteiger partial charge in [0.25, 0.3) is 0 Å². The molecule has 0 bridgehead atoms. The van der Waals surface area contributed by atoms with E-state index in [0.29, 0.717) is 6.04 Å². The van der Waals surface area contributed by atoms with Gasteiger partial charge in [-0.15, -0.1) is 0 Å². The summed E-state index contributed by atoms with van der Waals surface area (Å²) in [5.74, 6) is 0.785. The number of aromatic nitrogens is 3. The molecule has 2 aromatic rings. The maximum absolute atomic E-state index is 5.38. The van der Waals surface area contributed by atoms with E-state index < -0.39 is 0 Å². The molecule has 1 saturated carbocycles. The first-order chi connectivity index (χ1) is 7.70. The van der Waals surface area contributed by atoms with Gasteiger partial charge in [0, 0.05) is 11.7 Å². The number of aryl methyl sites for hydroxylation is 1. The summed E-state index contributed by atoms with van der Waals surface area (Å²) in [5.41, 5.74) is 3.12. The number of fused-ring (bicyclic) bond motifs is 1. The van der Waals surface area contributed by atoms with Crippen LogP contribution in [0.3, 0.4) is 0 Å². The van der Waals surface area contributed by atoms with E-state index in [-0.39, 0.29) is 0 Å². The molecule has 4 heteroatoms. The summed E-state index contributed by atoms with van der Waals surface area (Å²) in [4.78, 5) is 7.83. The highest BCUT2D eigenvalue weighted by molar-refractivity contribution is 7.71. The molecule has 2 aromatic heterocycles. The molecule has 1 aliphatic carbocycles. The fraction of sp³-hybridized carbons (Fsp3) is 0.500. The monoisotopic (exact) mass is 233 g/mol. The lowest BCUT2D eigenvalue weighted by molar-refractivity contribution is 0.644. The van der Waals surface area contributed by atoms with Crippen molar-refractivity contribution in [1.29, 1.82) is 0 Å². The highest BCUT2D eigenvalue weighted by Gasteiger charge is 2.38. The fourth-order valence-corrected chi connectivity index (χ4v) is 2.72. The average Bonchev–Trinajstić information content (AvgIpc) is 2.95. The van der Waals surface area contributed by atoms with Gasteiger partial charge in [0.1, 0.15) is 0 Å². The Hall–Kier alpha value is -1.16. The molecule has 3 rings (SSSR count). The molecule has 0 aromatic carbocycles. The van der Waals surface area contributed by atoms with Crippen LogP contribution in [0.1, 0.15) is 31.5 Å². The highest BCUT2D eigenvalue weighted by atomic mass is 32.1. The lowest BCUT2D eigenvalue weighted by atomic mass is 10.3. The molecule has 1 fully saturated rings. The lowest BCUT2D eigenvalue weighted by Crippen LogP contribution is -1.98. The zero-order valence-electron chi connectivity index (χ0n) is 9.53. The number of nitrogens with zero attached hydrogens (tertiary/aromatic N) is 2. The van der Waals surface area contributed by atoms with E-state index in [2.05, 4.69) is 27.5 Å². The largest absolute Gasteiger partial charge is 0.329 e. The summed E-state index contributed by atoms with van der Waals surface area (Å²) in [6.07, 6.45) is 2.47.